The molecular formula is C10H19ClN4O. The number of H-pyrrole nitrogens is 1. The van der Waals surface area contributed by atoms with Gasteiger partial charge in [-0.3, -0.25) is 9.89 Å². The number of carbonyl (C=O) groups excluding carboxylic acids is 1. The van der Waals surface area contributed by atoms with Gasteiger partial charge in [-0.15, -0.1) is 12.4 Å². The van der Waals surface area contributed by atoms with Crippen molar-refractivity contribution in [1.82, 2.24) is 15.5 Å². The zero-order chi connectivity index (χ0) is 11.4. The van der Waals surface area contributed by atoms with Gasteiger partial charge in [-0.25, -0.2) is 0 Å². The Hall–Kier alpha value is -1.07. The third-order valence-corrected chi connectivity index (χ3v) is 2.33. The second-order valence-electron chi connectivity index (χ2n) is 3.76. The van der Waals surface area contributed by atoms with Crippen LogP contribution in [0.25, 0.3) is 0 Å². The van der Waals surface area contributed by atoms with E-state index in [-0.39, 0.29) is 24.2 Å². The van der Waals surface area contributed by atoms with Gasteiger partial charge in [0.05, 0.1) is 17.1 Å². The van der Waals surface area contributed by atoms with E-state index in [9.17, 15) is 4.79 Å². The number of carbonyl (C=O) groups is 1. The van der Waals surface area contributed by atoms with Crippen molar-refractivity contribution in [3.8, 4) is 0 Å². The van der Waals surface area contributed by atoms with E-state index in [0.29, 0.717) is 6.54 Å². The van der Waals surface area contributed by atoms with Gasteiger partial charge in [0.25, 0.3) is 0 Å². The number of nitrogens with one attached hydrogen (secondary N) is 3. The number of hydrogen-bond acceptors (Lipinski definition) is 3. The maximum atomic E-state index is 11.7. The fourth-order valence-corrected chi connectivity index (χ4v) is 1.38. The Bertz CT molecular complexity index is 331. The molecule has 3 N–H and O–H groups in total. The third-order valence-electron chi connectivity index (χ3n) is 2.33. The molecule has 0 saturated heterocycles. The van der Waals surface area contributed by atoms with Crippen LogP contribution in [0.5, 0.6) is 0 Å². The molecule has 0 aliphatic heterocycles. The molecule has 16 heavy (non-hydrogen) atoms. The second kappa shape index (κ2) is 6.50. The SMILES string of the molecule is CNCC(C)C(=O)Nc1c(C)n[nH]c1C.Cl. The van der Waals surface area contributed by atoms with E-state index in [2.05, 4.69) is 20.8 Å². The van der Waals surface area contributed by atoms with Gasteiger partial charge in [-0.1, -0.05) is 6.92 Å². The van der Waals surface area contributed by atoms with E-state index in [4.69, 9.17) is 0 Å². The highest BCUT2D eigenvalue weighted by molar-refractivity contribution is 5.93. The van der Waals surface area contributed by atoms with E-state index in [0.717, 1.165) is 17.1 Å². The van der Waals surface area contributed by atoms with Crippen molar-refractivity contribution in [2.75, 3.05) is 18.9 Å². The fourth-order valence-electron chi connectivity index (χ4n) is 1.38. The first-order chi connectivity index (χ1) is 7.06. The van der Waals surface area contributed by atoms with Gasteiger partial charge < -0.3 is 10.6 Å². The predicted molar refractivity (Wildman–Crippen MR) is 67.0 cm³/mol. The first-order valence-electron chi connectivity index (χ1n) is 5.03. The lowest BCUT2D eigenvalue weighted by Gasteiger charge is -2.11. The lowest BCUT2D eigenvalue weighted by atomic mass is 10.1. The van der Waals surface area contributed by atoms with Gasteiger partial charge >= 0.3 is 0 Å². The van der Waals surface area contributed by atoms with Gasteiger partial charge in [-0.2, -0.15) is 5.10 Å². The van der Waals surface area contributed by atoms with E-state index in [1.807, 2.05) is 27.8 Å². The molecule has 1 aromatic heterocycles. The molecule has 1 unspecified atom stereocenters. The van der Waals surface area contributed by atoms with Crippen molar-refractivity contribution in [2.45, 2.75) is 20.8 Å². The minimum absolute atomic E-state index is 0. The highest BCUT2D eigenvalue weighted by Gasteiger charge is 2.15. The molecule has 0 aliphatic carbocycles. The normalized spacial score (nSPS) is 11.8. The number of halogens is 1. The van der Waals surface area contributed by atoms with Gasteiger partial charge in [0.15, 0.2) is 0 Å². The highest BCUT2D eigenvalue weighted by Crippen LogP contribution is 2.16. The number of aromatic amines is 1. The van der Waals surface area contributed by atoms with Crippen LogP contribution in [0.3, 0.4) is 0 Å². The molecule has 0 radical (unpaired) electrons. The summed E-state index contributed by atoms with van der Waals surface area (Å²) in [7, 11) is 1.83. The van der Waals surface area contributed by atoms with Crippen LogP contribution in [0.1, 0.15) is 18.3 Å². The molecule has 0 bridgehead atoms. The second-order valence-corrected chi connectivity index (χ2v) is 3.76. The average Bonchev–Trinajstić information content (AvgIpc) is 2.49. The standard InChI is InChI=1S/C10H18N4O.ClH/c1-6(5-11-4)10(15)12-9-7(2)13-14-8(9)3;/h6,11H,5H2,1-4H3,(H,12,15)(H,13,14);1H. The molecule has 0 aromatic carbocycles. The van der Waals surface area contributed by atoms with Crippen molar-refractivity contribution < 1.29 is 4.79 Å². The molecule has 0 saturated carbocycles. The monoisotopic (exact) mass is 246 g/mol. The van der Waals surface area contributed by atoms with Crippen LogP contribution < -0.4 is 10.6 Å². The average molecular weight is 247 g/mol. The third kappa shape index (κ3) is 3.50. The van der Waals surface area contributed by atoms with Crippen molar-refractivity contribution >= 4 is 24.0 Å². The first kappa shape index (κ1) is 14.9. The van der Waals surface area contributed by atoms with Crippen LogP contribution >= 0.6 is 12.4 Å². The summed E-state index contributed by atoms with van der Waals surface area (Å²) in [6.45, 7) is 6.30. The zero-order valence-corrected chi connectivity index (χ0v) is 10.9. The lowest BCUT2D eigenvalue weighted by Crippen LogP contribution is -2.28. The van der Waals surface area contributed by atoms with Crippen LogP contribution in [-0.2, 0) is 4.79 Å². The first-order valence-corrected chi connectivity index (χ1v) is 5.03. The Morgan fingerprint density at radius 2 is 2.12 bits per heavy atom. The molecular weight excluding hydrogens is 228 g/mol. The molecule has 0 fully saturated rings. The Labute approximate surface area is 102 Å². The summed E-state index contributed by atoms with van der Waals surface area (Å²) in [5, 5.41) is 12.7. The topological polar surface area (TPSA) is 69.8 Å². The molecule has 0 aliphatic rings. The molecule has 1 atom stereocenters. The van der Waals surface area contributed by atoms with Crippen LogP contribution in [0.2, 0.25) is 0 Å². The number of nitrogens with zero attached hydrogens (tertiary/aromatic N) is 1. The van der Waals surface area contributed by atoms with Gasteiger partial charge in [-0.05, 0) is 20.9 Å². The molecule has 1 rings (SSSR count). The number of anilines is 1. The summed E-state index contributed by atoms with van der Waals surface area (Å²) in [6, 6.07) is 0. The van der Waals surface area contributed by atoms with Crippen molar-refractivity contribution in [3.05, 3.63) is 11.4 Å². The molecule has 1 heterocycles. The largest absolute Gasteiger partial charge is 0.323 e. The molecule has 1 amide bonds. The number of amides is 1. The van der Waals surface area contributed by atoms with Crippen molar-refractivity contribution in [3.63, 3.8) is 0 Å². The predicted octanol–water partition coefficient (Wildman–Crippen LogP) is 1.24. The molecule has 5 nitrogen and oxygen atoms in total. The maximum Gasteiger partial charge on any atom is 0.228 e. The van der Waals surface area contributed by atoms with E-state index < -0.39 is 0 Å². The zero-order valence-electron chi connectivity index (χ0n) is 10.0. The summed E-state index contributed by atoms with van der Waals surface area (Å²) in [6.07, 6.45) is 0. The minimum atomic E-state index is -0.0521. The Morgan fingerprint density at radius 3 is 2.56 bits per heavy atom. The quantitative estimate of drug-likeness (QED) is 0.749. The number of rotatable bonds is 4. The highest BCUT2D eigenvalue weighted by atomic mass is 35.5. The van der Waals surface area contributed by atoms with E-state index in [1.54, 1.807) is 0 Å². The Kier molecular flexibility index (Phi) is 6.06. The summed E-state index contributed by atoms with van der Waals surface area (Å²) < 4.78 is 0. The summed E-state index contributed by atoms with van der Waals surface area (Å²) in [5.74, 6) is -0.0411. The summed E-state index contributed by atoms with van der Waals surface area (Å²) >= 11 is 0. The molecule has 6 heteroatoms. The smallest absolute Gasteiger partial charge is 0.228 e. The van der Waals surface area contributed by atoms with Crippen LogP contribution in [-0.4, -0.2) is 29.7 Å². The van der Waals surface area contributed by atoms with Gasteiger partial charge in [0, 0.05) is 12.5 Å². The van der Waals surface area contributed by atoms with Crippen LogP contribution in [0.4, 0.5) is 5.69 Å². The Morgan fingerprint density at radius 1 is 1.50 bits per heavy atom. The molecule has 1 aromatic rings. The van der Waals surface area contributed by atoms with Crippen molar-refractivity contribution in [1.29, 1.82) is 0 Å². The van der Waals surface area contributed by atoms with Gasteiger partial charge in [0.1, 0.15) is 0 Å². The van der Waals surface area contributed by atoms with Crippen LogP contribution in [0, 0.1) is 19.8 Å². The van der Waals surface area contributed by atoms with E-state index >= 15 is 0 Å². The maximum absolute atomic E-state index is 11.7. The van der Waals surface area contributed by atoms with Gasteiger partial charge in [0.2, 0.25) is 5.91 Å². The summed E-state index contributed by atoms with van der Waals surface area (Å²) in [4.78, 5) is 11.7. The number of aromatic nitrogens is 2. The van der Waals surface area contributed by atoms with E-state index in [1.165, 1.54) is 0 Å². The summed E-state index contributed by atoms with van der Waals surface area (Å²) in [5.41, 5.74) is 2.50. The molecule has 0 spiro atoms. The number of hydrogen-bond donors (Lipinski definition) is 3. The Balaban J connectivity index is 0.00000225. The number of aryl methyl sites for hydroxylation is 2. The molecule has 92 valence electrons. The van der Waals surface area contributed by atoms with Crippen molar-refractivity contribution in [2.24, 2.45) is 5.92 Å². The fraction of sp³-hybridized carbons (Fsp3) is 0.600. The van der Waals surface area contributed by atoms with Crippen LogP contribution in [0.15, 0.2) is 0 Å². The lowest BCUT2D eigenvalue weighted by molar-refractivity contribution is -0.119. The minimum Gasteiger partial charge on any atom is -0.323 e.